The zero-order valence-corrected chi connectivity index (χ0v) is 19.4. The van der Waals surface area contributed by atoms with E-state index in [0.717, 1.165) is 21.5 Å². The Bertz CT molecular complexity index is 1150. The lowest BCUT2D eigenvalue weighted by Gasteiger charge is -2.30. The number of nitrogens with two attached hydrogens (primary N) is 1. The summed E-state index contributed by atoms with van der Waals surface area (Å²) in [5, 5.41) is 4.23. The lowest BCUT2D eigenvalue weighted by molar-refractivity contribution is -0.113. The van der Waals surface area contributed by atoms with Crippen LogP contribution in [0.15, 0.2) is 23.4 Å². The van der Waals surface area contributed by atoms with E-state index in [1.54, 1.807) is 36.6 Å². The summed E-state index contributed by atoms with van der Waals surface area (Å²) in [5.41, 5.74) is 7.79. The predicted octanol–water partition coefficient (Wildman–Crippen LogP) is 3.87. The van der Waals surface area contributed by atoms with E-state index in [2.05, 4.69) is 29.1 Å². The van der Waals surface area contributed by atoms with Gasteiger partial charge in [0.1, 0.15) is 22.1 Å². The summed E-state index contributed by atoms with van der Waals surface area (Å²) >= 11 is 2.81. The van der Waals surface area contributed by atoms with Gasteiger partial charge in [0.15, 0.2) is 5.16 Å². The van der Waals surface area contributed by atoms with E-state index >= 15 is 0 Å². The van der Waals surface area contributed by atoms with Crippen molar-refractivity contribution < 1.29 is 19.0 Å². The van der Waals surface area contributed by atoms with Gasteiger partial charge in [-0.3, -0.25) is 4.79 Å². The predicted molar refractivity (Wildman–Crippen MR) is 123 cm³/mol. The van der Waals surface area contributed by atoms with E-state index in [0.29, 0.717) is 34.8 Å². The molecular formula is C21H24N4O4S2. The summed E-state index contributed by atoms with van der Waals surface area (Å²) < 4.78 is 16.4. The highest BCUT2D eigenvalue weighted by atomic mass is 32.2. The zero-order chi connectivity index (χ0) is 22.2. The normalized spacial score (nSPS) is 14.8. The van der Waals surface area contributed by atoms with Gasteiger partial charge in [-0.1, -0.05) is 11.8 Å². The maximum atomic E-state index is 12.5. The van der Waals surface area contributed by atoms with E-state index in [-0.39, 0.29) is 17.3 Å². The third-order valence-corrected chi connectivity index (χ3v) is 6.90. The molecular weight excluding hydrogens is 436 g/mol. The summed E-state index contributed by atoms with van der Waals surface area (Å²) in [6.07, 6.45) is 0.772. The van der Waals surface area contributed by atoms with Gasteiger partial charge in [-0.05, 0) is 31.5 Å². The molecule has 3 heterocycles. The fourth-order valence-electron chi connectivity index (χ4n) is 3.44. The van der Waals surface area contributed by atoms with Crippen LogP contribution in [-0.2, 0) is 22.6 Å². The average molecular weight is 461 g/mol. The molecule has 0 bridgehead atoms. The summed E-state index contributed by atoms with van der Waals surface area (Å²) in [4.78, 5) is 23.5. The third kappa shape index (κ3) is 4.56. The minimum absolute atomic E-state index is 0.140. The molecule has 31 heavy (non-hydrogen) atoms. The number of fused-ring (bicyclic) bond motifs is 3. The maximum absolute atomic E-state index is 12.5. The molecule has 164 valence electrons. The Hall–Kier alpha value is -2.56. The lowest BCUT2D eigenvalue weighted by atomic mass is 9.94. The number of thioether (sulfide) groups is 1. The largest absolute Gasteiger partial charge is 0.497 e. The van der Waals surface area contributed by atoms with E-state index in [9.17, 15) is 4.79 Å². The molecule has 1 aromatic carbocycles. The Balaban J connectivity index is 1.48. The maximum Gasteiger partial charge on any atom is 0.234 e. The number of aromatic nitrogens is 2. The second-order valence-electron chi connectivity index (χ2n) is 7.70. The van der Waals surface area contributed by atoms with Crippen molar-refractivity contribution in [3.63, 3.8) is 0 Å². The molecule has 0 aliphatic carbocycles. The van der Waals surface area contributed by atoms with Crippen LogP contribution >= 0.6 is 23.1 Å². The number of nitrogens with one attached hydrogen (secondary N) is 1. The molecule has 3 aromatic rings. The highest BCUT2D eigenvalue weighted by Crippen LogP contribution is 2.40. The quantitative estimate of drug-likeness (QED) is 0.421. The third-order valence-electron chi connectivity index (χ3n) is 4.95. The number of ether oxygens (including phenoxy) is 3. The van der Waals surface area contributed by atoms with Crippen molar-refractivity contribution in [1.82, 2.24) is 9.97 Å². The number of thiophene rings is 1. The molecule has 2 aromatic heterocycles. The fourth-order valence-corrected chi connectivity index (χ4v) is 5.25. The zero-order valence-electron chi connectivity index (χ0n) is 17.8. The van der Waals surface area contributed by atoms with Crippen molar-refractivity contribution in [3.05, 3.63) is 28.6 Å². The molecule has 0 radical (unpaired) electrons. The summed E-state index contributed by atoms with van der Waals surface area (Å²) in [6, 6.07) is 5.21. The number of methoxy groups -OCH3 is 2. The molecule has 3 N–H and O–H groups in total. The number of hydrogen-bond acceptors (Lipinski definition) is 9. The number of hydrogen-bond donors (Lipinski definition) is 2. The van der Waals surface area contributed by atoms with Gasteiger partial charge in [0.2, 0.25) is 5.91 Å². The summed E-state index contributed by atoms with van der Waals surface area (Å²) in [6.45, 7) is 4.69. The molecule has 0 atom stereocenters. The van der Waals surface area contributed by atoms with Gasteiger partial charge in [-0.2, -0.15) is 0 Å². The monoisotopic (exact) mass is 460 g/mol. The van der Waals surface area contributed by atoms with E-state index in [1.165, 1.54) is 24.4 Å². The fraction of sp³-hybridized carbons (Fsp3) is 0.381. The van der Waals surface area contributed by atoms with Crippen molar-refractivity contribution in [3.8, 4) is 11.5 Å². The number of anilines is 2. The van der Waals surface area contributed by atoms with Gasteiger partial charge in [0.25, 0.3) is 0 Å². The number of nitrogen functional groups attached to an aromatic ring is 1. The van der Waals surface area contributed by atoms with Gasteiger partial charge < -0.3 is 25.3 Å². The van der Waals surface area contributed by atoms with Gasteiger partial charge in [-0.25, -0.2) is 9.97 Å². The van der Waals surface area contributed by atoms with Gasteiger partial charge >= 0.3 is 0 Å². The smallest absolute Gasteiger partial charge is 0.234 e. The summed E-state index contributed by atoms with van der Waals surface area (Å²) in [7, 11) is 3.11. The molecule has 0 saturated carbocycles. The van der Waals surface area contributed by atoms with Gasteiger partial charge in [0, 0.05) is 17.4 Å². The van der Waals surface area contributed by atoms with Crippen LogP contribution in [0.2, 0.25) is 0 Å². The van der Waals surface area contributed by atoms with E-state index in [1.807, 2.05) is 0 Å². The Labute approximate surface area is 188 Å². The molecule has 0 spiro atoms. The Kier molecular flexibility index (Phi) is 5.96. The van der Waals surface area contributed by atoms with Gasteiger partial charge in [-0.15, -0.1) is 11.3 Å². The van der Waals surface area contributed by atoms with Crippen LogP contribution in [0.1, 0.15) is 24.3 Å². The first-order valence-corrected chi connectivity index (χ1v) is 11.5. The van der Waals surface area contributed by atoms with Crippen LogP contribution in [0.4, 0.5) is 11.5 Å². The number of carbonyl (C=O) groups is 1. The Morgan fingerprint density at radius 3 is 2.87 bits per heavy atom. The van der Waals surface area contributed by atoms with Crippen LogP contribution < -0.4 is 20.5 Å². The number of nitrogens with zero attached hydrogens (tertiary/aromatic N) is 2. The standard InChI is InChI=1S/C21H24N4O4S2/c1-21(2)8-12-15(9-29-21)31-19-17(12)18(22)24-20(25-19)30-10-16(26)23-13-6-5-11(27-3)7-14(13)28-4/h5-7H,8-10H2,1-4H3,(H,23,26)(H2,22,24,25). The van der Waals surface area contributed by atoms with Crippen LogP contribution in [0, 0.1) is 0 Å². The van der Waals surface area contributed by atoms with Crippen molar-refractivity contribution in [2.24, 2.45) is 0 Å². The molecule has 8 nitrogen and oxygen atoms in total. The SMILES string of the molecule is COc1ccc(NC(=O)CSc2nc(N)c3c4c(sc3n2)COC(C)(C)C4)c(OC)c1. The van der Waals surface area contributed by atoms with E-state index < -0.39 is 0 Å². The molecule has 4 rings (SSSR count). The Morgan fingerprint density at radius 2 is 2.13 bits per heavy atom. The lowest BCUT2D eigenvalue weighted by Crippen LogP contribution is -2.31. The second-order valence-corrected chi connectivity index (χ2v) is 9.73. The van der Waals surface area contributed by atoms with Crippen molar-refractivity contribution in [2.75, 3.05) is 31.0 Å². The first-order chi connectivity index (χ1) is 14.8. The average Bonchev–Trinajstić information content (AvgIpc) is 3.09. The molecule has 1 amide bonds. The van der Waals surface area contributed by atoms with Crippen LogP contribution in [0.25, 0.3) is 10.2 Å². The highest BCUT2D eigenvalue weighted by molar-refractivity contribution is 7.99. The highest BCUT2D eigenvalue weighted by Gasteiger charge is 2.30. The summed E-state index contributed by atoms with van der Waals surface area (Å²) in [5.74, 6) is 1.56. The molecule has 0 fully saturated rings. The van der Waals surface area contributed by atoms with Crippen molar-refractivity contribution >= 4 is 50.7 Å². The first-order valence-electron chi connectivity index (χ1n) is 9.66. The number of carbonyl (C=O) groups excluding carboxylic acids is 1. The molecule has 1 aliphatic heterocycles. The van der Waals surface area contributed by atoms with Crippen LogP contribution in [-0.4, -0.2) is 41.4 Å². The minimum atomic E-state index is -0.235. The number of amides is 1. The molecule has 0 unspecified atom stereocenters. The van der Waals surface area contributed by atoms with Crippen LogP contribution in [0.5, 0.6) is 11.5 Å². The van der Waals surface area contributed by atoms with E-state index in [4.69, 9.17) is 19.9 Å². The Morgan fingerprint density at radius 1 is 1.32 bits per heavy atom. The minimum Gasteiger partial charge on any atom is -0.497 e. The number of rotatable bonds is 6. The molecule has 10 heteroatoms. The second kappa shape index (κ2) is 8.52. The van der Waals surface area contributed by atoms with Crippen LogP contribution in [0.3, 0.4) is 0 Å². The number of benzene rings is 1. The van der Waals surface area contributed by atoms with Gasteiger partial charge in [0.05, 0.1) is 43.3 Å². The van der Waals surface area contributed by atoms with Crippen molar-refractivity contribution in [2.45, 2.75) is 37.6 Å². The molecule has 1 aliphatic rings. The first kappa shape index (κ1) is 21.7. The van der Waals surface area contributed by atoms with Crippen molar-refractivity contribution in [1.29, 1.82) is 0 Å². The topological polar surface area (TPSA) is 109 Å². The molecule has 0 saturated heterocycles.